The van der Waals surface area contributed by atoms with E-state index in [4.69, 9.17) is 4.74 Å². The van der Waals surface area contributed by atoms with E-state index in [-0.39, 0.29) is 5.91 Å². The molecule has 7 heteroatoms. The molecule has 6 nitrogen and oxygen atoms in total. The van der Waals surface area contributed by atoms with Crippen LogP contribution in [0.4, 0.5) is 0 Å². The lowest BCUT2D eigenvalue weighted by molar-refractivity contribution is 0.0654. The Hall–Kier alpha value is -2.80. The Morgan fingerprint density at radius 2 is 2.00 bits per heavy atom. The van der Waals surface area contributed by atoms with Crippen LogP contribution in [0.2, 0.25) is 0 Å². The number of benzene rings is 1. The average molecular weight is 395 g/mol. The summed E-state index contributed by atoms with van der Waals surface area (Å²) >= 11 is 1.51. The van der Waals surface area contributed by atoms with Gasteiger partial charge >= 0.3 is 0 Å². The molecule has 0 bridgehead atoms. The molecule has 1 aliphatic heterocycles. The fourth-order valence-corrected chi connectivity index (χ4v) is 3.90. The van der Waals surface area contributed by atoms with Crippen LogP contribution in [-0.2, 0) is 0 Å². The smallest absolute Gasteiger partial charge is 0.273 e. The second kappa shape index (κ2) is 8.48. The summed E-state index contributed by atoms with van der Waals surface area (Å²) in [5.41, 5.74) is 2.45. The lowest BCUT2D eigenvalue weighted by Gasteiger charge is -2.31. The van der Waals surface area contributed by atoms with Crippen LogP contribution in [0.1, 0.15) is 28.3 Å². The first-order valence-electron chi connectivity index (χ1n) is 9.41. The zero-order chi connectivity index (χ0) is 19.3. The number of aromatic nitrogens is 3. The molecule has 0 atom stereocenters. The van der Waals surface area contributed by atoms with E-state index in [0.717, 1.165) is 42.2 Å². The van der Waals surface area contributed by atoms with E-state index < -0.39 is 0 Å². The summed E-state index contributed by atoms with van der Waals surface area (Å²) in [7, 11) is 0. The standard InChI is InChI=1S/C21H22N4O2S/c1-15-24-19(13-28-15)21(26)25-9-7-16(8-10-25)12-27-20-11-18(22-14-23-20)17-5-3-2-4-6-17/h2-6,11,13-14,16H,7-10,12H2,1H3. The van der Waals surface area contributed by atoms with Gasteiger partial charge in [-0.15, -0.1) is 11.3 Å². The Balaban J connectivity index is 1.29. The van der Waals surface area contributed by atoms with E-state index in [0.29, 0.717) is 24.1 Å². The molecule has 1 saturated heterocycles. The molecule has 0 spiro atoms. The molecule has 0 aliphatic carbocycles. The van der Waals surface area contributed by atoms with Crippen molar-refractivity contribution in [2.45, 2.75) is 19.8 Å². The Morgan fingerprint density at radius 3 is 2.71 bits per heavy atom. The fraction of sp³-hybridized carbons (Fsp3) is 0.333. The van der Waals surface area contributed by atoms with Crippen LogP contribution in [0.5, 0.6) is 5.88 Å². The van der Waals surface area contributed by atoms with Gasteiger partial charge in [-0.3, -0.25) is 4.79 Å². The first-order chi connectivity index (χ1) is 13.7. The molecule has 2 aromatic heterocycles. The summed E-state index contributed by atoms with van der Waals surface area (Å²) in [5, 5.41) is 2.76. The van der Waals surface area contributed by atoms with Gasteiger partial charge in [0.1, 0.15) is 12.0 Å². The highest BCUT2D eigenvalue weighted by Gasteiger charge is 2.25. The minimum atomic E-state index is 0.0343. The Bertz CT molecular complexity index is 936. The van der Waals surface area contributed by atoms with E-state index in [2.05, 4.69) is 15.0 Å². The fourth-order valence-electron chi connectivity index (χ4n) is 3.31. The Kier molecular flexibility index (Phi) is 5.62. The van der Waals surface area contributed by atoms with Crippen molar-refractivity contribution in [3.63, 3.8) is 0 Å². The molecule has 1 aromatic carbocycles. The predicted octanol–water partition coefficient (Wildman–Crippen LogP) is 3.84. The number of hydrogen-bond acceptors (Lipinski definition) is 6. The van der Waals surface area contributed by atoms with Crippen molar-refractivity contribution in [2.75, 3.05) is 19.7 Å². The van der Waals surface area contributed by atoms with Gasteiger partial charge in [-0.25, -0.2) is 15.0 Å². The Morgan fingerprint density at radius 1 is 1.21 bits per heavy atom. The van der Waals surface area contributed by atoms with Gasteiger partial charge in [-0.05, 0) is 25.7 Å². The third-order valence-corrected chi connectivity index (χ3v) is 5.69. The summed E-state index contributed by atoms with van der Waals surface area (Å²) < 4.78 is 5.93. The largest absolute Gasteiger partial charge is 0.477 e. The van der Waals surface area contributed by atoms with Gasteiger partial charge in [-0.2, -0.15) is 0 Å². The third-order valence-electron chi connectivity index (χ3n) is 4.92. The van der Waals surface area contributed by atoms with E-state index in [9.17, 15) is 4.79 Å². The summed E-state index contributed by atoms with van der Waals surface area (Å²) in [6.45, 7) is 4.00. The van der Waals surface area contributed by atoms with Crippen molar-refractivity contribution in [1.29, 1.82) is 0 Å². The number of ether oxygens (including phenoxy) is 1. The van der Waals surface area contributed by atoms with Gasteiger partial charge in [0.05, 0.1) is 17.3 Å². The molecule has 4 rings (SSSR count). The van der Waals surface area contributed by atoms with Crippen molar-refractivity contribution < 1.29 is 9.53 Å². The van der Waals surface area contributed by atoms with Crippen LogP contribution < -0.4 is 4.74 Å². The zero-order valence-corrected chi connectivity index (χ0v) is 16.6. The SMILES string of the molecule is Cc1nc(C(=O)N2CCC(COc3cc(-c4ccccc4)ncn3)CC2)cs1. The van der Waals surface area contributed by atoms with Crippen LogP contribution in [0, 0.1) is 12.8 Å². The topological polar surface area (TPSA) is 68.2 Å². The van der Waals surface area contributed by atoms with Gasteiger partial charge in [0, 0.05) is 30.1 Å². The Labute approximate surface area is 168 Å². The molecule has 0 saturated carbocycles. The number of thiazole rings is 1. The number of amides is 1. The highest BCUT2D eigenvalue weighted by molar-refractivity contribution is 7.09. The van der Waals surface area contributed by atoms with Crippen molar-refractivity contribution in [3.8, 4) is 17.1 Å². The number of piperidine rings is 1. The average Bonchev–Trinajstić information content (AvgIpc) is 3.19. The number of likely N-dealkylation sites (tertiary alicyclic amines) is 1. The number of hydrogen-bond donors (Lipinski definition) is 0. The minimum absolute atomic E-state index is 0.0343. The molecule has 28 heavy (non-hydrogen) atoms. The molecule has 1 aliphatic rings. The highest BCUT2D eigenvalue weighted by Crippen LogP contribution is 2.23. The van der Waals surface area contributed by atoms with Crippen LogP contribution in [0.15, 0.2) is 48.1 Å². The number of nitrogens with zero attached hydrogens (tertiary/aromatic N) is 4. The van der Waals surface area contributed by atoms with Crippen LogP contribution in [0.25, 0.3) is 11.3 Å². The van der Waals surface area contributed by atoms with Gasteiger partial charge in [0.15, 0.2) is 0 Å². The maximum atomic E-state index is 12.5. The summed E-state index contributed by atoms with van der Waals surface area (Å²) in [5.74, 6) is 1.04. The van der Waals surface area contributed by atoms with Crippen LogP contribution in [-0.4, -0.2) is 45.5 Å². The van der Waals surface area contributed by atoms with Crippen molar-refractivity contribution in [3.05, 3.63) is 58.8 Å². The summed E-state index contributed by atoms with van der Waals surface area (Å²) in [6, 6.07) is 11.9. The highest BCUT2D eigenvalue weighted by atomic mass is 32.1. The van der Waals surface area contributed by atoms with E-state index >= 15 is 0 Å². The minimum Gasteiger partial charge on any atom is -0.477 e. The first kappa shape index (κ1) is 18.6. The molecule has 0 radical (unpaired) electrons. The molecule has 1 amide bonds. The number of aryl methyl sites for hydroxylation is 1. The van der Waals surface area contributed by atoms with Gasteiger partial charge in [0.25, 0.3) is 5.91 Å². The molecule has 0 unspecified atom stereocenters. The van der Waals surface area contributed by atoms with Crippen molar-refractivity contribution in [2.24, 2.45) is 5.92 Å². The maximum absolute atomic E-state index is 12.5. The third kappa shape index (κ3) is 4.36. The maximum Gasteiger partial charge on any atom is 0.273 e. The van der Waals surface area contributed by atoms with Gasteiger partial charge < -0.3 is 9.64 Å². The second-order valence-electron chi connectivity index (χ2n) is 6.91. The second-order valence-corrected chi connectivity index (χ2v) is 7.97. The number of carbonyl (C=O) groups excluding carboxylic acids is 1. The molecular weight excluding hydrogens is 372 g/mol. The quantitative estimate of drug-likeness (QED) is 0.658. The van der Waals surface area contributed by atoms with E-state index in [1.807, 2.05) is 53.6 Å². The van der Waals surface area contributed by atoms with Gasteiger partial charge in [-0.1, -0.05) is 30.3 Å². The number of carbonyl (C=O) groups is 1. The molecule has 3 aromatic rings. The zero-order valence-electron chi connectivity index (χ0n) is 15.7. The molecule has 0 N–H and O–H groups in total. The van der Waals surface area contributed by atoms with Crippen LogP contribution in [0.3, 0.4) is 0 Å². The number of rotatable bonds is 5. The monoisotopic (exact) mass is 394 g/mol. The van der Waals surface area contributed by atoms with E-state index in [1.165, 1.54) is 17.7 Å². The van der Waals surface area contributed by atoms with Crippen LogP contribution >= 0.6 is 11.3 Å². The van der Waals surface area contributed by atoms with Crippen molar-refractivity contribution in [1.82, 2.24) is 19.9 Å². The molecule has 1 fully saturated rings. The normalized spacial score (nSPS) is 14.8. The lowest BCUT2D eigenvalue weighted by atomic mass is 9.97. The van der Waals surface area contributed by atoms with Gasteiger partial charge in [0.2, 0.25) is 5.88 Å². The summed E-state index contributed by atoms with van der Waals surface area (Å²) in [6.07, 6.45) is 3.38. The summed E-state index contributed by atoms with van der Waals surface area (Å²) in [4.78, 5) is 27.2. The van der Waals surface area contributed by atoms with E-state index in [1.54, 1.807) is 0 Å². The predicted molar refractivity (Wildman–Crippen MR) is 108 cm³/mol. The molecule has 144 valence electrons. The first-order valence-corrected chi connectivity index (χ1v) is 10.3. The van der Waals surface area contributed by atoms with Crippen molar-refractivity contribution >= 4 is 17.2 Å². The lowest BCUT2D eigenvalue weighted by Crippen LogP contribution is -2.39. The molecular formula is C21H22N4O2S. The molecule has 3 heterocycles.